The van der Waals surface area contributed by atoms with Gasteiger partial charge in [0.1, 0.15) is 0 Å². The maximum Gasteiger partial charge on any atom is 0.0561 e. The van der Waals surface area contributed by atoms with Gasteiger partial charge in [-0.1, -0.05) is 181 Å². The lowest BCUT2D eigenvalue weighted by atomic mass is 9.80. The molecule has 0 N–H and O–H groups in total. The van der Waals surface area contributed by atoms with E-state index in [4.69, 9.17) is 0 Å². The number of rotatable bonds is 8. The highest BCUT2D eigenvalue weighted by atomic mass is 15.2. The minimum Gasteiger partial charge on any atom is -0.310 e. The van der Waals surface area contributed by atoms with Crippen molar-refractivity contribution < 1.29 is 0 Å². The average molecular weight is 751 g/mol. The number of hydrogen-bond acceptors (Lipinski definition) is 1. The molecule has 0 bridgehead atoms. The molecule has 0 atom stereocenters. The maximum atomic E-state index is 4.47. The first kappa shape index (κ1) is 37.0. The van der Waals surface area contributed by atoms with Crippen LogP contribution in [0, 0.1) is 0 Å². The molecule has 0 radical (unpaired) electrons. The third-order valence-electron chi connectivity index (χ3n) is 11.9. The smallest absolute Gasteiger partial charge is 0.0561 e. The van der Waals surface area contributed by atoms with Crippen LogP contribution in [-0.4, -0.2) is 4.57 Å². The Hall–Kier alpha value is -6.64. The summed E-state index contributed by atoms with van der Waals surface area (Å²) in [5, 5.41) is 2.46. The lowest BCUT2D eigenvalue weighted by Crippen LogP contribution is -2.18. The van der Waals surface area contributed by atoms with E-state index in [2.05, 4.69) is 233 Å². The standard InChI is InChI=1S/C56H50N2/c1-7-42(32-30-41-38-56(5,6)50-27-17-14-24-45(41)50)57(44-33-35-49-48-26-16-19-29-53(48)58(54(49)37-44)43-22-12-9-13-23-43)52-28-18-15-25-47(52)46-34-31-40(36-51(46)55(2,3)4)39-20-10-8-11-21-39/h7-37H,1,38H2,2-6H3/b41-30+,42-32+. The third kappa shape index (κ3) is 6.59. The fourth-order valence-corrected chi connectivity index (χ4v) is 9.08. The average Bonchev–Trinajstić information content (AvgIpc) is 3.72. The predicted octanol–water partition coefficient (Wildman–Crippen LogP) is 15.4. The summed E-state index contributed by atoms with van der Waals surface area (Å²) in [6.07, 6.45) is 7.60. The van der Waals surface area contributed by atoms with Crippen molar-refractivity contribution >= 4 is 38.8 Å². The van der Waals surface area contributed by atoms with Gasteiger partial charge in [0.05, 0.1) is 16.7 Å². The van der Waals surface area contributed by atoms with Gasteiger partial charge in [0, 0.05) is 33.4 Å². The van der Waals surface area contributed by atoms with Crippen molar-refractivity contribution in [3.05, 3.63) is 217 Å². The number of allylic oxidation sites excluding steroid dienone is 4. The molecule has 284 valence electrons. The molecule has 7 aromatic carbocycles. The molecule has 58 heavy (non-hydrogen) atoms. The van der Waals surface area contributed by atoms with E-state index in [-0.39, 0.29) is 10.8 Å². The van der Waals surface area contributed by atoms with Gasteiger partial charge in [-0.25, -0.2) is 0 Å². The zero-order valence-electron chi connectivity index (χ0n) is 34.2. The highest BCUT2D eigenvalue weighted by Crippen LogP contribution is 2.47. The molecule has 0 amide bonds. The first-order valence-corrected chi connectivity index (χ1v) is 20.4. The van der Waals surface area contributed by atoms with Crippen LogP contribution < -0.4 is 4.90 Å². The summed E-state index contributed by atoms with van der Waals surface area (Å²) >= 11 is 0. The van der Waals surface area contributed by atoms with E-state index in [1.165, 1.54) is 60.8 Å². The van der Waals surface area contributed by atoms with Crippen LogP contribution in [-0.2, 0) is 10.8 Å². The molecule has 9 rings (SSSR count). The first-order valence-electron chi connectivity index (χ1n) is 20.4. The van der Waals surface area contributed by atoms with E-state index >= 15 is 0 Å². The summed E-state index contributed by atoms with van der Waals surface area (Å²) in [4.78, 5) is 2.41. The Bertz CT molecular complexity index is 2880. The molecule has 8 aromatic rings. The van der Waals surface area contributed by atoms with Crippen molar-refractivity contribution in [1.82, 2.24) is 4.57 Å². The van der Waals surface area contributed by atoms with Crippen molar-refractivity contribution in [2.75, 3.05) is 4.90 Å². The number of anilines is 2. The molecule has 2 nitrogen and oxygen atoms in total. The number of benzene rings is 7. The number of fused-ring (bicyclic) bond motifs is 4. The van der Waals surface area contributed by atoms with Crippen molar-refractivity contribution in [3.63, 3.8) is 0 Å². The van der Waals surface area contributed by atoms with Crippen molar-refractivity contribution in [1.29, 1.82) is 0 Å². The zero-order valence-corrected chi connectivity index (χ0v) is 34.2. The largest absolute Gasteiger partial charge is 0.310 e. The topological polar surface area (TPSA) is 8.17 Å². The zero-order chi connectivity index (χ0) is 40.0. The first-order chi connectivity index (χ1) is 28.1. The van der Waals surface area contributed by atoms with Crippen molar-refractivity contribution in [3.8, 4) is 27.9 Å². The van der Waals surface area contributed by atoms with Gasteiger partial charge in [-0.3, -0.25) is 0 Å². The minimum absolute atomic E-state index is 0.0715. The van der Waals surface area contributed by atoms with Crippen molar-refractivity contribution in [2.24, 2.45) is 0 Å². The van der Waals surface area contributed by atoms with E-state index in [9.17, 15) is 0 Å². The Morgan fingerprint density at radius 2 is 1.28 bits per heavy atom. The fourth-order valence-electron chi connectivity index (χ4n) is 9.08. The number of aromatic nitrogens is 1. The molecule has 0 unspecified atom stereocenters. The summed E-state index contributed by atoms with van der Waals surface area (Å²) in [6.45, 7) is 16.1. The summed E-state index contributed by atoms with van der Waals surface area (Å²) < 4.78 is 2.40. The van der Waals surface area contributed by atoms with Crippen LogP contribution in [0.3, 0.4) is 0 Å². The van der Waals surface area contributed by atoms with Gasteiger partial charge < -0.3 is 9.47 Å². The van der Waals surface area contributed by atoms with E-state index in [0.717, 1.165) is 34.7 Å². The van der Waals surface area contributed by atoms with E-state index in [1.807, 2.05) is 6.08 Å². The Kier molecular flexibility index (Phi) is 9.37. The molecule has 0 saturated heterocycles. The van der Waals surface area contributed by atoms with Gasteiger partial charge in [-0.2, -0.15) is 0 Å². The SMILES string of the molecule is C=C/C(=C\C=C1/CC(C)(C)c2ccccc21)N(c1ccc2c3ccccc3n(-c3ccccc3)c2c1)c1ccccc1-c1ccc(-c2ccccc2)cc1C(C)(C)C. The molecule has 1 aromatic heterocycles. The Morgan fingerprint density at radius 3 is 2.03 bits per heavy atom. The molecule has 0 aliphatic heterocycles. The van der Waals surface area contributed by atoms with Gasteiger partial charge in [0.25, 0.3) is 0 Å². The predicted molar refractivity (Wildman–Crippen MR) is 249 cm³/mol. The molecule has 1 heterocycles. The second kappa shape index (κ2) is 14.7. The van der Waals surface area contributed by atoms with Crippen LogP contribution in [0.2, 0.25) is 0 Å². The maximum absolute atomic E-state index is 4.47. The summed E-state index contributed by atoms with van der Waals surface area (Å²) in [7, 11) is 0. The Labute approximate surface area is 343 Å². The molecule has 1 aliphatic rings. The highest BCUT2D eigenvalue weighted by molar-refractivity contribution is 6.10. The second-order valence-electron chi connectivity index (χ2n) is 17.2. The molecule has 1 aliphatic carbocycles. The van der Waals surface area contributed by atoms with Gasteiger partial charge in [0.2, 0.25) is 0 Å². The number of nitrogens with zero attached hydrogens (tertiary/aromatic N) is 2. The molecule has 0 spiro atoms. The molecule has 0 fully saturated rings. The van der Waals surface area contributed by atoms with Gasteiger partial charge in [-0.15, -0.1) is 0 Å². The third-order valence-corrected chi connectivity index (χ3v) is 11.9. The van der Waals surface area contributed by atoms with Gasteiger partial charge in [0.15, 0.2) is 0 Å². The van der Waals surface area contributed by atoms with Crippen LogP contribution in [0.25, 0.3) is 55.3 Å². The fraction of sp³-hybridized carbons (Fsp3) is 0.143. The van der Waals surface area contributed by atoms with E-state index in [0.29, 0.717) is 0 Å². The van der Waals surface area contributed by atoms with Crippen LogP contribution in [0.5, 0.6) is 0 Å². The summed E-state index contributed by atoms with van der Waals surface area (Å²) in [6, 6.07) is 61.8. The van der Waals surface area contributed by atoms with Crippen LogP contribution in [0.4, 0.5) is 11.4 Å². The Morgan fingerprint density at radius 1 is 0.621 bits per heavy atom. The van der Waals surface area contributed by atoms with Gasteiger partial charge >= 0.3 is 0 Å². The monoisotopic (exact) mass is 750 g/mol. The normalized spacial score (nSPS) is 14.6. The van der Waals surface area contributed by atoms with Crippen molar-refractivity contribution in [2.45, 2.75) is 51.9 Å². The number of para-hydroxylation sites is 3. The molecular formula is C56H50N2. The van der Waals surface area contributed by atoms with Crippen LogP contribution in [0.15, 0.2) is 200 Å². The molecule has 0 saturated carbocycles. The van der Waals surface area contributed by atoms with E-state index < -0.39 is 0 Å². The van der Waals surface area contributed by atoms with Crippen LogP contribution in [0.1, 0.15) is 57.7 Å². The lowest BCUT2D eigenvalue weighted by molar-refractivity contribution is 0.563. The summed E-state index contributed by atoms with van der Waals surface area (Å²) in [5.41, 5.74) is 16.8. The van der Waals surface area contributed by atoms with E-state index in [1.54, 1.807) is 0 Å². The molecular weight excluding hydrogens is 701 g/mol. The van der Waals surface area contributed by atoms with Gasteiger partial charge in [-0.05, 0) is 105 Å². The highest BCUT2D eigenvalue weighted by Gasteiger charge is 2.32. The minimum atomic E-state index is -0.113. The molecule has 2 heteroatoms. The van der Waals surface area contributed by atoms with Crippen LogP contribution >= 0.6 is 0 Å². The number of hydrogen-bond donors (Lipinski definition) is 0. The quantitative estimate of drug-likeness (QED) is 0.140. The second-order valence-corrected chi connectivity index (χ2v) is 17.2. The summed E-state index contributed by atoms with van der Waals surface area (Å²) in [5.74, 6) is 0. The lowest BCUT2D eigenvalue weighted by Gasteiger charge is -2.31. The Balaban J connectivity index is 1.29.